The van der Waals surface area contributed by atoms with Crippen molar-refractivity contribution in [2.24, 2.45) is 0 Å². The Balaban J connectivity index is 1.91. The Morgan fingerprint density at radius 1 is 1.30 bits per heavy atom. The van der Waals surface area contributed by atoms with Crippen molar-refractivity contribution in [1.29, 1.82) is 0 Å². The number of methoxy groups -OCH3 is 1. The van der Waals surface area contributed by atoms with Gasteiger partial charge in [0.05, 0.1) is 12.4 Å². The first-order valence-corrected chi connectivity index (χ1v) is 8.91. The first kappa shape index (κ1) is 15.4. The molecule has 0 aromatic heterocycles. The lowest BCUT2D eigenvalue weighted by atomic mass is 10.3. The molecule has 0 radical (unpaired) electrons. The summed E-state index contributed by atoms with van der Waals surface area (Å²) in [4.78, 5) is 15.2. The third-order valence-electron chi connectivity index (χ3n) is 3.21. The van der Waals surface area contributed by atoms with Crippen LogP contribution in [0.5, 0.6) is 5.75 Å². The molecule has 6 heteroatoms. The Bertz CT molecular complexity index is 480. The van der Waals surface area contributed by atoms with Crippen molar-refractivity contribution in [3.63, 3.8) is 0 Å². The van der Waals surface area contributed by atoms with E-state index in [-0.39, 0.29) is 11.2 Å². The summed E-state index contributed by atoms with van der Waals surface area (Å²) in [5.41, 5.74) is 0. The number of carbonyl (C=O) groups excluding carboxylic acids is 1. The number of thioether (sulfide) groups is 1. The molecule has 0 aliphatic carbocycles. The summed E-state index contributed by atoms with van der Waals surface area (Å²) in [5, 5.41) is -0.130. The van der Waals surface area contributed by atoms with E-state index < -0.39 is 10.8 Å². The van der Waals surface area contributed by atoms with Crippen molar-refractivity contribution in [2.75, 3.05) is 31.7 Å². The summed E-state index contributed by atoms with van der Waals surface area (Å²) in [6.45, 7) is 3.14. The molecule has 2 rings (SSSR count). The highest BCUT2D eigenvalue weighted by Gasteiger charge is 2.24. The second-order valence-electron chi connectivity index (χ2n) is 4.61. The highest BCUT2D eigenvalue weighted by molar-refractivity contribution is 8.00. The zero-order chi connectivity index (χ0) is 14.5. The van der Waals surface area contributed by atoms with Crippen LogP contribution in [0.2, 0.25) is 0 Å². The van der Waals surface area contributed by atoms with Gasteiger partial charge in [-0.05, 0) is 31.2 Å². The zero-order valence-corrected chi connectivity index (χ0v) is 13.3. The van der Waals surface area contributed by atoms with Crippen LogP contribution < -0.4 is 4.74 Å². The standard InChI is InChI=1S/C14H19NO3S2/c1-11(14(16)15-7-9-20(17)10-8-15)19-13-5-3-12(18-2)4-6-13/h3-6,11H,7-10H2,1-2H3. The molecule has 0 spiro atoms. The van der Waals surface area contributed by atoms with Gasteiger partial charge in [-0.3, -0.25) is 9.00 Å². The number of amides is 1. The van der Waals surface area contributed by atoms with Crippen LogP contribution in [0.4, 0.5) is 0 Å². The number of hydrogen-bond donors (Lipinski definition) is 0. The average molecular weight is 313 g/mol. The summed E-state index contributed by atoms with van der Waals surface area (Å²) >= 11 is 1.54. The number of nitrogens with zero attached hydrogens (tertiary/aromatic N) is 1. The minimum absolute atomic E-state index is 0.127. The molecule has 1 aromatic rings. The van der Waals surface area contributed by atoms with Gasteiger partial charge in [0.25, 0.3) is 0 Å². The van der Waals surface area contributed by atoms with Crippen molar-refractivity contribution < 1.29 is 13.7 Å². The molecular weight excluding hydrogens is 294 g/mol. The summed E-state index contributed by atoms with van der Waals surface area (Å²) in [7, 11) is 0.887. The van der Waals surface area contributed by atoms with Crippen molar-refractivity contribution in [3.05, 3.63) is 24.3 Å². The van der Waals surface area contributed by atoms with Gasteiger partial charge in [0.2, 0.25) is 5.91 Å². The van der Waals surface area contributed by atoms with Gasteiger partial charge in [0, 0.05) is 40.3 Å². The monoisotopic (exact) mass is 313 g/mol. The van der Waals surface area contributed by atoms with Crippen LogP contribution in [-0.2, 0) is 15.6 Å². The molecular formula is C14H19NO3S2. The molecule has 1 aliphatic rings. The number of hydrogen-bond acceptors (Lipinski definition) is 4. The number of rotatable bonds is 4. The first-order valence-electron chi connectivity index (χ1n) is 6.54. The Morgan fingerprint density at radius 2 is 1.90 bits per heavy atom. The first-order chi connectivity index (χ1) is 9.60. The van der Waals surface area contributed by atoms with Crippen LogP contribution >= 0.6 is 11.8 Å². The van der Waals surface area contributed by atoms with E-state index in [4.69, 9.17) is 4.74 Å². The van der Waals surface area contributed by atoms with Crippen molar-refractivity contribution in [1.82, 2.24) is 4.90 Å². The number of ether oxygens (including phenoxy) is 1. The Morgan fingerprint density at radius 3 is 2.45 bits per heavy atom. The Kier molecular flexibility index (Phi) is 5.48. The van der Waals surface area contributed by atoms with Gasteiger partial charge in [-0.15, -0.1) is 11.8 Å². The van der Waals surface area contributed by atoms with E-state index in [0.717, 1.165) is 10.6 Å². The van der Waals surface area contributed by atoms with Crippen molar-refractivity contribution in [3.8, 4) is 5.75 Å². The normalized spacial score (nSPS) is 17.8. The van der Waals surface area contributed by atoms with Crippen LogP contribution in [0, 0.1) is 0 Å². The molecule has 1 amide bonds. The van der Waals surface area contributed by atoms with E-state index in [9.17, 15) is 9.00 Å². The van der Waals surface area contributed by atoms with E-state index in [2.05, 4.69) is 0 Å². The van der Waals surface area contributed by atoms with Crippen molar-refractivity contribution >= 4 is 28.5 Å². The second kappa shape index (κ2) is 7.13. The van der Waals surface area contributed by atoms with Crippen LogP contribution in [-0.4, -0.2) is 52.0 Å². The summed E-state index contributed by atoms with van der Waals surface area (Å²) in [6.07, 6.45) is 0. The SMILES string of the molecule is COc1ccc(SC(C)C(=O)N2CCS(=O)CC2)cc1. The molecule has 1 aliphatic heterocycles. The van der Waals surface area contributed by atoms with Crippen LogP contribution in [0.3, 0.4) is 0 Å². The second-order valence-corrected chi connectivity index (χ2v) is 7.72. The maximum absolute atomic E-state index is 12.3. The minimum atomic E-state index is -0.747. The molecule has 1 aromatic carbocycles. The lowest BCUT2D eigenvalue weighted by Crippen LogP contribution is -2.44. The Labute approximate surface area is 126 Å². The highest BCUT2D eigenvalue weighted by Crippen LogP contribution is 2.26. The van der Waals surface area contributed by atoms with Crippen LogP contribution in [0.15, 0.2) is 29.2 Å². The molecule has 0 N–H and O–H groups in total. The molecule has 1 heterocycles. The van der Waals surface area contributed by atoms with Crippen LogP contribution in [0.25, 0.3) is 0 Å². The molecule has 1 atom stereocenters. The van der Waals surface area contributed by atoms with Gasteiger partial charge in [-0.25, -0.2) is 0 Å². The fourth-order valence-electron chi connectivity index (χ4n) is 2.02. The van der Waals surface area contributed by atoms with Crippen LogP contribution in [0.1, 0.15) is 6.92 Å². The fraction of sp³-hybridized carbons (Fsp3) is 0.500. The lowest BCUT2D eigenvalue weighted by molar-refractivity contribution is -0.129. The van der Waals surface area contributed by atoms with E-state index in [0.29, 0.717) is 24.6 Å². The Hall–Kier alpha value is -1.01. The number of carbonyl (C=O) groups is 1. The van der Waals surface area contributed by atoms with E-state index in [1.165, 1.54) is 0 Å². The predicted molar refractivity (Wildman–Crippen MR) is 82.8 cm³/mol. The molecule has 1 unspecified atom stereocenters. The molecule has 1 saturated heterocycles. The quantitative estimate of drug-likeness (QED) is 0.795. The zero-order valence-electron chi connectivity index (χ0n) is 11.7. The van der Waals surface area contributed by atoms with Gasteiger partial charge in [0.1, 0.15) is 5.75 Å². The third-order valence-corrected chi connectivity index (χ3v) is 5.58. The average Bonchev–Trinajstić information content (AvgIpc) is 2.48. The molecule has 4 nitrogen and oxygen atoms in total. The van der Waals surface area contributed by atoms with E-state index >= 15 is 0 Å². The smallest absolute Gasteiger partial charge is 0.235 e. The largest absolute Gasteiger partial charge is 0.497 e. The summed E-state index contributed by atoms with van der Waals surface area (Å²) < 4.78 is 16.4. The molecule has 20 heavy (non-hydrogen) atoms. The van der Waals surface area contributed by atoms with Gasteiger partial charge >= 0.3 is 0 Å². The van der Waals surface area contributed by atoms with Gasteiger partial charge in [-0.1, -0.05) is 0 Å². The summed E-state index contributed by atoms with van der Waals surface area (Å²) in [6, 6.07) is 7.70. The molecule has 0 saturated carbocycles. The minimum Gasteiger partial charge on any atom is -0.497 e. The number of benzene rings is 1. The molecule has 0 bridgehead atoms. The summed E-state index contributed by atoms with van der Waals surface area (Å²) in [5.74, 6) is 2.14. The van der Waals surface area contributed by atoms with E-state index in [1.807, 2.05) is 36.1 Å². The van der Waals surface area contributed by atoms with E-state index in [1.54, 1.807) is 18.9 Å². The fourth-order valence-corrected chi connectivity index (χ4v) is 4.03. The van der Waals surface area contributed by atoms with Crippen molar-refractivity contribution in [2.45, 2.75) is 17.1 Å². The van der Waals surface area contributed by atoms with Gasteiger partial charge in [-0.2, -0.15) is 0 Å². The maximum Gasteiger partial charge on any atom is 0.235 e. The topological polar surface area (TPSA) is 46.6 Å². The molecule has 110 valence electrons. The van der Waals surface area contributed by atoms with Gasteiger partial charge < -0.3 is 9.64 Å². The lowest BCUT2D eigenvalue weighted by Gasteiger charge is -2.28. The van der Waals surface area contributed by atoms with Gasteiger partial charge in [0.15, 0.2) is 0 Å². The highest BCUT2D eigenvalue weighted by atomic mass is 32.2. The maximum atomic E-state index is 12.3. The third kappa shape index (κ3) is 3.99. The molecule has 1 fully saturated rings. The predicted octanol–water partition coefficient (Wildman–Crippen LogP) is 1.77.